The van der Waals surface area contributed by atoms with Crippen LogP contribution in [0.25, 0.3) is 0 Å². The number of hydrogen-bond donors (Lipinski definition) is 2. The van der Waals surface area contributed by atoms with Crippen LogP contribution in [0.5, 0.6) is 0 Å². The fourth-order valence-electron chi connectivity index (χ4n) is 3.04. The van der Waals surface area contributed by atoms with Gasteiger partial charge in [-0.05, 0) is 55.9 Å². The molecule has 3 N–H and O–H groups in total. The van der Waals surface area contributed by atoms with Gasteiger partial charge in [0.05, 0.1) is 0 Å². The molecule has 2 saturated heterocycles. The fourth-order valence-corrected chi connectivity index (χ4v) is 4.40. The molecule has 0 aromatic heterocycles. The summed E-state index contributed by atoms with van der Waals surface area (Å²) in [6, 6.07) is 0.139. The molecular weight excluding hydrogens is 357 g/mol. The van der Waals surface area contributed by atoms with E-state index >= 15 is 0 Å². The van der Waals surface area contributed by atoms with Crippen molar-refractivity contribution in [1.82, 2.24) is 4.90 Å². The van der Waals surface area contributed by atoms with E-state index < -0.39 is 12.1 Å². The highest BCUT2D eigenvalue weighted by Crippen LogP contribution is 2.43. The lowest BCUT2D eigenvalue weighted by molar-refractivity contribution is -0.192. The highest BCUT2D eigenvalue weighted by atomic mass is 32.2. The Kier molecular flexibility index (Phi) is 8.53. The van der Waals surface area contributed by atoms with Gasteiger partial charge in [0.2, 0.25) is 5.91 Å². The molecule has 0 bridgehead atoms. The van der Waals surface area contributed by atoms with E-state index in [1.807, 2.05) is 6.92 Å². The first-order valence-electron chi connectivity index (χ1n) is 8.47. The summed E-state index contributed by atoms with van der Waals surface area (Å²) < 4.78 is 31.7. The smallest absolute Gasteiger partial charge is 0.475 e. The summed E-state index contributed by atoms with van der Waals surface area (Å²) in [4.78, 5) is 23.0. The molecule has 1 unspecified atom stereocenters. The molecule has 9 heteroatoms. The monoisotopic (exact) mass is 384 g/mol. The number of nitrogens with zero attached hydrogens (tertiary/aromatic N) is 1. The summed E-state index contributed by atoms with van der Waals surface area (Å²) in [7, 11) is 0. The fraction of sp³-hybridized carbons (Fsp3) is 0.875. The van der Waals surface area contributed by atoms with Gasteiger partial charge in [-0.3, -0.25) is 4.79 Å². The predicted octanol–water partition coefficient (Wildman–Crippen LogP) is 2.88. The van der Waals surface area contributed by atoms with Gasteiger partial charge < -0.3 is 15.7 Å². The Bertz CT molecular complexity index is 442. The van der Waals surface area contributed by atoms with Crippen LogP contribution in [0.2, 0.25) is 0 Å². The first-order valence-corrected chi connectivity index (χ1v) is 9.62. The minimum Gasteiger partial charge on any atom is -0.475 e. The summed E-state index contributed by atoms with van der Waals surface area (Å²) in [5, 5.41) is 7.12. The molecule has 2 aliphatic heterocycles. The van der Waals surface area contributed by atoms with Crippen molar-refractivity contribution in [2.24, 2.45) is 11.1 Å². The SMILES string of the molecule is CC(N)CCC(=O)N1CCC2(CCSCC2)CC1.O=C(O)C(F)(F)F. The maximum Gasteiger partial charge on any atom is 0.490 e. The number of thioether (sulfide) groups is 1. The molecule has 0 saturated carbocycles. The number of amides is 1. The van der Waals surface area contributed by atoms with Crippen LogP contribution in [-0.4, -0.2) is 58.7 Å². The van der Waals surface area contributed by atoms with E-state index in [0.717, 1.165) is 19.5 Å². The molecule has 25 heavy (non-hydrogen) atoms. The van der Waals surface area contributed by atoms with Crippen LogP contribution >= 0.6 is 11.8 Å². The molecule has 1 atom stereocenters. The van der Waals surface area contributed by atoms with Crippen LogP contribution < -0.4 is 5.73 Å². The molecule has 0 aromatic rings. The number of rotatable bonds is 3. The number of hydrogen-bond acceptors (Lipinski definition) is 4. The van der Waals surface area contributed by atoms with Gasteiger partial charge in [-0.15, -0.1) is 0 Å². The standard InChI is InChI=1S/C14H26N2OS.C2HF3O2/c1-12(15)2-3-13(17)16-8-4-14(5-9-16)6-10-18-11-7-14;3-2(4,5)1(6)7/h12H,2-11,15H2,1H3;(H,6,7). The van der Waals surface area contributed by atoms with Gasteiger partial charge >= 0.3 is 12.1 Å². The second-order valence-corrected chi connectivity index (χ2v) is 8.04. The first-order chi connectivity index (χ1) is 11.6. The van der Waals surface area contributed by atoms with Gasteiger partial charge in [-0.25, -0.2) is 4.79 Å². The second kappa shape index (κ2) is 9.66. The van der Waals surface area contributed by atoms with Crippen molar-refractivity contribution in [3.63, 3.8) is 0 Å². The number of likely N-dealkylation sites (tertiary alicyclic amines) is 1. The molecule has 2 fully saturated rings. The minimum absolute atomic E-state index is 0.139. The molecular formula is C16H27F3N2O3S. The number of alkyl halides is 3. The van der Waals surface area contributed by atoms with Crippen molar-refractivity contribution < 1.29 is 27.9 Å². The zero-order valence-electron chi connectivity index (χ0n) is 14.5. The summed E-state index contributed by atoms with van der Waals surface area (Å²) in [5.74, 6) is 0.192. The highest BCUT2D eigenvalue weighted by molar-refractivity contribution is 7.99. The number of carbonyl (C=O) groups is 2. The summed E-state index contributed by atoms with van der Waals surface area (Å²) in [5.41, 5.74) is 6.28. The van der Waals surface area contributed by atoms with E-state index in [-0.39, 0.29) is 6.04 Å². The van der Waals surface area contributed by atoms with Crippen molar-refractivity contribution >= 4 is 23.6 Å². The van der Waals surface area contributed by atoms with E-state index in [4.69, 9.17) is 15.6 Å². The van der Waals surface area contributed by atoms with E-state index in [1.54, 1.807) is 0 Å². The van der Waals surface area contributed by atoms with Crippen molar-refractivity contribution in [2.75, 3.05) is 24.6 Å². The van der Waals surface area contributed by atoms with E-state index in [0.29, 0.717) is 17.7 Å². The zero-order valence-corrected chi connectivity index (χ0v) is 15.3. The van der Waals surface area contributed by atoms with E-state index in [1.165, 1.54) is 37.2 Å². The quantitative estimate of drug-likeness (QED) is 0.782. The van der Waals surface area contributed by atoms with Crippen molar-refractivity contribution in [3.8, 4) is 0 Å². The predicted molar refractivity (Wildman–Crippen MR) is 91.4 cm³/mol. The topological polar surface area (TPSA) is 83.6 Å². The van der Waals surface area contributed by atoms with Gasteiger partial charge in [0, 0.05) is 25.6 Å². The van der Waals surface area contributed by atoms with Crippen LogP contribution in [0.3, 0.4) is 0 Å². The molecule has 1 amide bonds. The molecule has 5 nitrogen and oxygen atoms in total. The molecule has 146 valence electrons. The number of carboxylic acid groups (broad SMARTS) is 1. The molecule has 0 aromatic carbocycles. The lowest BCUT2D eigenvalue weighted by Gasteiger charge is -2.44. The van der Waals surface area contributed by atoms with Crippen molar-refractivity contribution in [3.05, 3.63) is 0 Å². The van der Waals surface area contributed by atoms with Gasteiger partial charge in [0.25, 0.3) is 0 Å². The van der Waals surface area contributed by atoms with Crippen LogP contribution in [0.4, 0.5) is 13.2 Å². The molecule has 0 aliphatic carbocycles. The first kappa shape index (κ1) is 22.1. The Balaban J connectivity index is 0.000000381. The number of carboxylic acids is 1. The molecule has 0 radical (unpaired) electrons. The largest absolute Gasteiger partial charge is 0.490 e. The molecule has 1 spiro atoms. The van der Waals surface area contributed by atoms with Crippen LogP contribution in [0.1, 0.15) is 45.4 Å². The Hall–Kier alpha value is -0.960. The average Bonchev–Trinajstić information content (AvgIpc) is 2.54. The number of halogens is 3. The number of carbonyl (C=O) groups excluding carboxylic acids is 1. The number of aliphatic carboxylic acids is 1. The normalized spacial score (nSPS) is 21.2. The van der Waals surface area contributed by atoms with Crippen LogP contribution in [0, 0.1) is 5.41 Å². The maximum absolute atomic E-state index is 12.0. The van der Waals surface area contributed by atoms with Crippen LogP contribution in [0.15, 0.2) is 0 Å². The Morgan fingerprint density at radius 1 is 1.20 bits per heavy atom. The molecule has 2 heterocycles. The number of piperidine rings is 1. The Morgan fingerprint density at radius 3 is 2.08 bits per heavy atom. The third kappa shape index (κ3) is 7.85. The Labute approximate surface area is 150 Å². The van der Waals surface area contributed by atoms with Gasteiger partial charge in [0.15, 0.2) is 0 Å². The summed E-state index contributed by atoms with van der Waals surface area (Å²) in [6.45, 7) is 3.92. The van der Waals surface area contributed by atoms with E-state index in [2.05, 4.69) is 16.7 Å². The van der Waals surface area contributed by atoms with Gasteiger partial charge in [0.1, 0.15) is 0 Å². The second-order valence-electron chi connectivity index (χ2n) is 6.81. The summed E-state index contributed by atoms with van der Waals surface area (Å²) >= 11 is 2.09. The Morgan fingerprint density at radius 2 is 1.68 bits per heavy atom. The van der Waals surface area contributed by atoms with Gasteiger partial charge in [-0.2, -0.15) is 24.9 Å². The maximum atomic E-state index is 12.0. The third-order valence-electron chi connectivity index (χ3n) is 4.79. The average molecular weight is 384 g/mol. The number of nitrogens with two attached hydrogens (primary N) is 1. The van der Waals surface area contributed by atoms with Gasteiger partial charge in [-0.1, -0.05) is 0 Å². The lowest BCUT2D eigenvalue weighted by atomic mass is 9.74. The summed E-state index contributed by atoms with van der Waals surface area (Å²) in [6.07, 6.45) is 1.52. The van der Waals surface area contributed by atoms with Crippen LogP contribution in [-0.2, 0) is 9.59 Å². The lowest BCUT2D eigenvalue weighted by Crippen LogP contribution is -2.44. The van der Waals surface area contributed by atoms with Crippen molar-refractivity contribution in [2.45, 2.75) is 57.7 Å². The molecule has 2 aliphatic rings. The zero-order chi connectivity index (χ0) is 19.1. The minimum atomic E-state index is -5.08. The molecule has 2 rings (SSSR count). The van der Waals surface area contributed by atoms with E-state index in [9.17, 15) is 18.0 Å². The van der Waals surface area contributed by atoms with Crippen molar-refractivity contribution in [1.29, 1.82) is 0 Å². The third-order valence-corrected chi connectivity index (χ3v) is 5.77. The highest BCUT2D eigenvalue weighted by Gasteiger charge is 2.38.